The fraction of sp³-hybridized carbons (Fsp3) is 0. The van der Waals surface area contributed by atoms with Crippen LogP contribution in [0.25, 0.3) is 93.5 Å². The van der Waals surface area contributed by atoms with E-state index >= 15 is 0 Å². The van der Waals surface area contributed by atoms with Crippen molar-refractivity contribution in [3.63, 3.8) is 0 Å². The molecule has 0 unspecified atom stereocenters. The summed E-state index contributed by atoms with van der Waals surface area (Å²) in [4.78, 5) is 0. The standard InChI is InChI=1S/C51H30F2N2/c52-39-21-15-35(16-22-39)50-42-8-4-5-9-43(42)51(36-17-23-40(53)24-18-36)47-30-37(19-25-44(47)50)33-11-13-34(14-12-33)38-20-27-49-46(29-38)45-28-32(31-54)10-26-48(45)55(49)41-6-2-1-3-7-41/h1-30H. The maximum atomic E-state index is 14.2. The van der Waals surface area contributed by atoms with Crippen molar-refractivity contribution in [1.82, 2.24) is 4.57 Å². The van der Waals surface area contributed by atoms with E-state index in [1.54, 1.807) is 0 Å². The minimum absolute atomic E-state index is 0.280. The molecule has 10 aromatic rings. The van der Waals surface area contributed by atoms with Gasteiger partial charge >= 0.3 is 0 Å². The zero-order valence-corrected chi connectivity index (χ0v) is 29.5. The molecule has 9 aromatic carbocycles. The van der Waals surface area contributed by atoms with Crippen molar-refractivity contribution in [3.05, 3.63) is 199 Å². The maximum absolute atomic E-state index is 14.2. The van der Waals surface area contributed by atoms with Crippen molar-refractivity contribution in [2.45, 2.75) is 0 Å². The molecule has 1 aromatic heterocycles. The van der Waals surface area contributed by atoms with E-state index < -0.39 is 0 Å². The van der Waals surface area contributed by atoms with Gasteiger partial charge in [-0.15, -0.1) is 0 Å². The first kappa shape index (κ1) is 32.3. The molecule has 0 amide bonds. The van der Waals surface area contributed by atoms with Crippen molar-refractivity contribution >= 4 is 43.4 Å². The Morgan fingerprint density at radius 1 is 0.364 bits per heavy atom. The third-order valence-electron chi connectivity index (χ3n) is 10.7. The SMILES string of the molecule is N#Cc1ccc2c(c1)c1cc(-c3ccc(-c4ccc5c(-c6ccc(F)cc6)c6ccccc6c(-c6ccc(F)cc6)c5c4)cc3)ccc1n2-c1ccccc1. The van der Waals surface area contributed by atoms with E-state index in [0.717, 1.165) is 93.5 Å². The lowest BCUT2D eigenvalue weighted by atomic mass is 9.85. The number of nitrogens with zero attached hydrogens (tertiary/aromatic N) is 2. The minimum atomic E-state index is -0.283. The van der Waals surface area contributed by atoms with Gasteiger partial charge in [0.1, 0.15) is 11.6 Å². The van der Waals surface area contributed by atoms with Crippen LogP contribution in [-0.4, -0.2) is 4.57 Å². The first-order chi connectivity index (χ1) is 27.0. The second kappa shape index (κ2) is 12.9. The van der Waals surface area contributed by atoms with Crippen LogP contribution in [0.15, 0.2) is 182 Å². The number of hydrogen-bond donors (Lipinski definition) is 0. The van der Waals surface area contributed by atoms with Gasteiger partial charge in [0.2, 0.25) is 0 Å². The van der Waals surface area contributed by atoms with Crippen molar-refractivity contribution in [3.8, 4) is 56.3 Å². The molecule has 0 atom stereocenters. The maximum Gasteiger partial charge on any atom is 0.123 e. The average Bonchev–Trinajstić information content (AvgIpc) is 3.56. The van der Waals surface area contributed by atoms with Crippen molar-refractivity contribution in [2.75, 3.05) is 0 Å². The zero-order chi connectivity index (χ0) is 37.0. The highest BCUT2D eigenvalue weighted by Gasteiger charge is 2.18. The summed E-state index contributed by atoms with van der Waals surface area (Å²) < 4.78 is 30.6. The molecule has 258 valence electrons. The van der Waals surface area contributed by atoms with Crippen LogP contribution in [-0.2, 0) is 0 Å². The van der Waals surface area contributed by atoms with Crippen molar-refractivity contribution in [1.29, 1.82) is 5.26 Å². The van der Waals surface area contributed by atoms with Gasteiger partial charge in [-0.3, -0.25) is 0 Å². The Hall–Kier alpha value is -7.35. The smallest absolute Gasteiger partial charge is 0.123 e. The van der Waals surface area contributed by atoms with Gasteiger partial charge in [-0.2, -0.15) is 5.26 Å². The Morgan fingerprint density at radius 3 is 1.38 bits per heavy atom. The lowest BCUT2D eigenvalue weighted by Crippen LogP contribution is -1.93. The van der Waals surface area contributed by atoms with Gasteiger partial charge in [0.15, 0.2) is 0 Å². The first-order valence-electron chi connectivity index (χ1n) is 18.2. The molecule has 2 nitrogen and oxygen atoms in total. The molecular weight excluding hydrogens is 679 g/mol. The third-order valence-corrected chi connectivity index (χ3v) is 10.7. The molecule has 0 aliphatic rings. The van der Waals surface area contributed by atoms with Gasteiger partial charge in [0.05, 0.1) is 22.7 Å². The lowest BCUT2D eigenvalue weighted by Gasteiger charge is -2.19. The molecule has 1 heterocycles. The number of hydrogen-bond acceptors (Lipinski definition) is 1. The monoisotopic (exact) mass is 708 g/mol. The van der Waals surface area contributed by atoms with Gasteiger partial charge in [0.25, 0.3) is 0 Å². The molecule has 4 heteroatoms. The summed E-state index contributed by atoms with van der Waals surface area (Å²) in [7, 11) is 0. The number of halogens is 2. The Labute approximate surface area is 316 Å². The van der Waals surface area contributed by atoms with Gasteiger partial charge in [-0.25, -0.2) is 8.78 Å². The largest absolute Gasteiger partial charge is 0.309 e. The topological polar surface area (TPSA) is 28.7 Å². The van der Waals surface area contributed by atoms with E-state index in [2.05, 4.69) is 95.6 Å². The Bertz CT molecular complexity index is 3140. The number of benzene rings is 9. The van der Waals surface area contributed by atoms with Gasteiger partial charge in [0, 0.05) is 16.5 Å². The highest BCUT2D eigenvalue weighted by atomic mass is 19.1. The summed E-state index contributed by atoms with van der Waals surface area (Å²) in [5.41, 5.74) is 12.0. The average molecular weight is 709 g/mol. The van der Waals surface area contributed by atoms with Crippen LogP contribution >= 0.6 is 0 Å². The molecule has 0 fully saturated rings. The summed E-state index contributed by atoms with van der Waals surface area (Å²) in [6.45, 7) is 0. The zero-order valence-electron chi connectivity index (χ0n) is 29.5. The first-order valence-corrected chi connectivity index (χ1v) is 18.2. The predicted octanol–water partition coefficient (Wildman–Crippen LogP) is 13.9. The van der Waals surface area contributed by atoms with Gasteiger partial charge < -0.3 is 4.57 Å². The highest BCUT2D eigenvalue weighted by Crippen LogP contribution is 2.45. The highest BCUT2D eigenvalue weighted by molar-refractivity contribution is 6.22. The molecule has 0 saturated carbocycles. The molecule has 0 saturated heterocycles. The summed E-state index contributed by atoms with van der Waals surface area (Å²) in [5, 5.41) is 16.0. The molecule has 0 N–H and O–H groups in total. The van der Waals surface area contributed by atoms with E-state index in [0.29, 0.717) is 5.56 Å². The van der Waals surface area contributed by atoms with E-state index in [9.17, 15) is 14.0 Å². The van der Waals surface area contributed by atoms with Crippen LogP contribution in [0.5, 0.6) is 0 Å². The molecule has 0 aliphatic carbocycles. The second-order valence-electron chi connectivity index (χ2n) is 13.9. The number of para-hydroxylation sites is 1. The second-order valence-corrected chi connectivity index (χ2v) is 13.9. The molecule has 0 aliphatic heterocycles. The fourth-order valence-electron chi connectivity index (χ4n) is 8.20. The van der Waals surface area contributed by atoms with Crippen LogP contribution in [0.3, 0.4) is 0 Å². The summed E-state index contributed by atoms with van der Waals surface area (Å²) >= 11 is 0. The summed E-state index contributed by atoms with van der Waals surface area (Å²) in [6, 6.07) is 61.8. The minimum Gasteiger partial charge on any atom is -0.309 e. The van der Waals surface area contributed by atoms with Gasteiger partial charge in [-0.05, 0) is 139 Å². The third kappa shape index (κ3) is 5.45. The van der Waals surface area contributed by atoms with Crippen molar-refractivity contribution < 1.29 is 8.78 Å². The van der Waals surface area contributed by atoms with E-state index in [1.165, 1.54) is 24.3 Å². The quantitative estimate of drug-likeness (QED) is 0.164. The number of aromatic nitrogens is 1. The van der Waals surface area contributed by atoms with E-state index in [4.69, 9.17) is 0 Å². The van der Waals surface area contributed by atoms with Crippen LogP contribution < -0.4 is 0 Å². The van der Waals surface area contributed by atoms with Gasteiger partial charge in [-0.1, -0.05) is 109 Å². The Kier molecular flexibility index (Phi) is 7.61. The fourth-order valence-corrected chi connectivity index (χ4v) is 8.20. The normalized spacial score (nSPS) is 11.4. The van der Waals surface area contributed by atoms with Crippen LogP contribution in [0, 0.1) is 23.0 Å². The van der Waals surface area contributed by atoms with E-state index in [-0.39, 0.29) is 11.6 Å². The molecular formula is C51H30F2N2. The van der Waals surface area contributed by atoms with Crippen molar-refractivity contribution in [2.24, 2.45) is 0 Å². The molecule has 0 bridgehead atoms. The number of rotatable bonds is 5. The van der Waals surface area contributed by atoms with Crippen LogP contribution in [0.2, 0.25) is 0 Å². The Morgan fingerprint density at radius 2 is 0.800 bits per heavy atom. The number of nitriles is 1. The molecule has 0 spiro atoms. The predicted molar refractivity (Wildman–Crippen MR) is 222 cm³/mol. The molecule has 0 radical (unpaired) electrons. The molecule has 55 heavy (non-hydrogen) atoms. The lowest BCUT2D eigenvalue weighted by molar-refractivity contribution is 0.627. The summed E-state index contributed by atoms with van der Waals surface area (Å²) in [6.07, 6.45) is 0. The van der Waals surface area contributed by atoms with Crippen LogP contribution in [0.1, 0.15) is 5.56 Å². The summed E-state index contributed by atoms with van der Waals surface area (Å²) in [5.74, 6) is -0.563. The van der Waals surface area contributed by atoms with E-state index in [1.807, 2.05) is 72.8 Å². The van der Waals surface area contributed by atoms with Crippen LogP contribution in [0.4, 0.5) is 8.78 Å². The molecule has 10 rings (SSSR count). The number of fused-ring (bicyclic) bond motifs is 5. The Balaban J connectivity index is 1.12.